The number of alkyl halides is 2. The molecule has 1 aliphatic heterocycles. The van der Waals surface area contributed by atoms with Gasteiger partial charge in [-0.05, 0) is 61.4 Å². The van der Waals surface area contributed by atoms with Crippen molar-refractivity contribution in [2.24, 2.45) is 11.8 Å². The molecule has 0 radical (unpaired) electrons. The summed E-state index contributed by atoms with van der Waals surface area (Å²) in [6.07, 6.45) is 1.15. The van der Waals surface area contributed by atoms with Crippen LogP contribution in [0.1, 0.15) is 33.6 Å². The van der Waals surface area contributed by atoms with Gasteiger partial charge in [-0.25, -0.2) is 9.78 Å². The minimum atomic E-state index is -0.788. The Balaban J connectivity index is 1.25. The quantitative estimate of drug-likeness (QED) is 0.0495. The minimum absolute atomic E-state index is 0.105. The number of ether oxygens (including phenoxy) is 1. The number of carbonyl (C=O) groups excluding carboxylic acids is 4. The lowest BCUT2D eigenvalue weighted by Gasteiger charge is -2.29. The Kier molecular flexibility index (Phi) is 8.55. The molecule has 2 heterocycles. The van der Waals surface area contributed by atoms with Gasteiger partial charge in [0.05, 0.1) is 39.2 Å². The van der Waals surface area contributed by atoms with E-state index in [4.69, 9.17) is 16.3 Å². The molecular formula is C32H22Br2ClN3O7. The van der Waals surface area contributed by atoms with Crippen LogP contribution in [0, 0.1) is 22.0 Å². The van der Waals surface area contributed by atoms with E-state index in [1.807, 2.05) is 0 Å². The third kappa shape index (κ3) is 6.01. The fraction of sp³-hybridized carbons (Fsp3) is 0.219. The van der Waals surface area contributed by atoms with Crippen LogP contribution in [0.3, 0.4) is 0 Å². The number of pyridine rings is 1. The molecular weight excluding hydrogens is 734 g/mol. The zero-order valence-electron chi connectivity index (χ0n) is 23.2. The molecule has 4 aromatic rings. The number of fused-ring (bicyclic) bond motifs is 2. The Bertz CT molecular complexity index is 1860. The van der Waals surface area contributed by atoms with E-state index in [1.54, 1.807) is 42.5 Å². The lowest BCUT2D eigenvalue weighted by atomic mass is 9.81. The molecule has 2 aliphatic rings. The number of ketones is 1. The molecule has 6 rings (SSSR count). The predicted octanol–water partition coefficient (Wildman–Crippen LogP) is 6.93. The summed E-state index contributed by atoms with van der Waals surface area (Å²) in [5, 5.41) is 11.7. The molecule has 228 valence electrons. The van der Waals surface area contributed by atoms with Crippen LogP contribution in [0.5, 0.6) is 0 Å². The molecule has 0 bridgehead atoms. The van der Waals surface area contributed by atoms with Crippen molar-refractivity contribution in [2.45, 2.75) is 22.5 Å². The van der Waals surface area contributed by atoms with Crippen LogP contribution in [0.25, 0.3) is 22.2 Å². The van der Waals surface area contributed by atoms with E-state index in [0.29, 0.717) is 45.7 Å². The minimum Gasteiger partial charge on any atom is -0.454 e. The highest BCUT2D eigenvalue weighted by atomic mass is 79.9. The van der Waals surface area contributed by atoms with Crippen molar-refractivity contribution in [3.8, 4) is 11.3 Å². The molecule has 2 fully saturated rings. The van der Waals surface area contributed by atoms with Crippen molar-refractivity contribution < 1.29 is 28.8 Å². The monoisotopic (exact) mass is 753 g/mol. The van der Waals surface area contributed by atoms with Crippen molar-refractivity contribution in [2.75, 3.05) is 11.5 Å². The van der Waals surface area contributed by atoms with E-state index in [2.05, 4.69) is 36.8 Å². The van der Waals surface area contributed by atoms with Gasteiger partial charge in [0.1, 0.15) is 0 Å². The number of rotatable bonds is 7. The Morgan fingerprint density at radius 3 is 2.16 bits per heavy atom. The number of nitro groups is 1. The third-order valence-corrected chi connectivity index (χ3v) is 11.0. The highest BCUT2D eigenvalue weighted by Gasteiger charge is 2.52. The van der Waals surface area contributed by atoms with E-state index in [9.17, 15) is 29.3 Å². The average Bonchev–Trinajstić information content (AvgIpc) is 3.27. The maximum Gasteiger partial charge on any atom is 0.339 e. The van der Waals surface area contributed by atoms with E-state index in [-0.39, 0.29) is 50.1 Å². The van der Waals surface area contributed by atoms with Crippen LogP contribution < -0.4 is 4.90 Å². The van der Waals surface area contributed by atoms with Gasteiger partial charge in [-0.2, -0.15) is 0 Å². The number of hydrogen-bond donors (Lipinski definition) is 0. The number of non-ortho nitro benzene ring substituents is 1. The number of hydrogen-bond acceptors (Lipinski definition) is 8. The molecule has 10 nitrogen and oxygen atoms in total. The second-order valence-electron chi connectivity index (χ2n) is 10.8. The maximum absolute atomic E-state index is 13.3. The first-order chi connectivity index (χ1) is 21.5. The molecule has 4 atom stereocenters. The second-order valence-corrected chi connectivity index (χ2v) is 13.6. The second kappa shape index (κ2) is 12.4. The van der Waals surface area contributed by atoms with E-state index in [0.717, 1.165) is 0 Å². The number of aromatic nitrogens is 1. The number of carbonyl (C=O) groups is 4. The molecule has 13 heteroatoms. The summed E-state index contributed by atoms with van der Waals surface area (Å²) < 4.78 is 5.35. The molecule has 1 aliphatic carbocycles. The first-order valence-electron chi connectivity index (χ1n) is 13.8. The number of imide groups is 1. The number of amides is 2. The SMILES string of the molecule is O=C(COC(=O)c1cc(-c2ccc(N3C(=O)C4CC(Br)C(Br)CC4C3=O)cc2)nc2ccc(Cl)cc12)c1ccc([N+](=O)[O-])cc1. The lowest BCUT2D eigenvalue weighted by Crippen LogP contribution is -2.34. The number of benzene rings is 3. The molecule has 3 aromatic carbocycles. The van der Waals surface area contributed by atoms with Crippen molar-refractivity contribution in [3.05, 3.63) is 99.1 Å². The van der Waals surface area contributed by atoms with Crippen LogP contribution >= 0.6 is 43.5 Å². The highest BCUT2D eigenvalue weighted by molar-refractivity contribution is 9.12. The molecule has 1 saturated carbocycles. The smallest absolute Gasteiger partial charge is 0.339 e. The summed E-state index contributed by atoms with van der Waals surface area (Å²) in [6.45, 7) is -0.587. The largest absolute Gasteiger partial charge is 0.454 e. The summed E-state index contributed by atoms with van der Waals surface area (Å²) in [7, 11) is 0. The number of Topliss-reactive ketones (excluding diaryl/α,β-unsaturated/α-hetero) is 1. The first-order valence-corrected chi connectivity index (χ1v) is 16.0. The van der Waals surface area contributed by atoms with Crippen LogP contribution in [0.2, 0.25) is 5.02 Å². The van der Waals surface area contributed by atoms with Crippen LogP contribution in [-0.2, 0) is 14.3 Å². The van der Waals surface area contributed by atoms with E-state index >= 15 is 0 Å². The Hall–Kier alpha value is -4.00. The first kappa shape index (κ1) is 31.0. The fourth-order valence-electron chi connectivity index (χ4n) is 5.71. The average molecular weight is 756 g/mol. The topological polar surface area (TPSA) is 137 Å². The van der Waals surface area contributed by atoms with Gasteiger partial charge < -0.3 is 4.74 Å². The Labute approximate surface area is 278 Å². The highest BCUT2D eigenvalue weighted by Crippen LogP contribution is 2.44. The molecule has 1 saturated heterocycles. The van der Waals surface area contributed by atoms with Crippen molar-refractivity contribution in [1.29, 1.82) is 0 Å². The van der Waals surface area contributed by atoms with Gasteiger partial charge in [0.2, 0.25) is 11.8 Å². The van der Waals surface area contributed by atoms with E-state index < -0.39 is 23.3 Å². The Morgan fingerprint density at radius 2 is 1.56 bits per heavy atom. The van der Waals surface area contributed by atoms with E-state index in [1.165, 1.54) is 35.2 Å². The molecule has 4 unspecified atom stereocenters. The Morgan fingerprint density at radius 1 is 0.933 bits per heavy atom. The number of esters is 1. The lowest BCUT2D eigenvalue weighted by molar-refractivity contribution is -0.384. The van der Waals surface area contributed by atoms with Crippen LogP contribution in [-0.4, -0.2) is 49.7 Å². The van der Waals surface area contributed by atoms with Crippen LogP contribution in [0.4, 0.5) is 11.4 Å². The molecule has 45 heavy (non-hydrogen) atoms. The standard InChI is InChI=1S/C32H22Br2ClN3O7/c33-25-12-22-23(13-26(25)34)31(41)37(30(22)40)19-6-1-16(2-7-19)28-14-24(21-11-18(35)5-10-27(21)36-28)32(42)45-15-29(39)17-3-8-20(9-4-17)38(43)44/h1-11,14,22-23,25-26H,12-13,15H2. The van der Waals surface area contributed by atoms with Gasteiger partial charge in [0, 0.05) is 43.3 Å². The molecule has 1 aromatic heterocycles. The van der Waals surface area contributed by atoms with Crippen molar-refractivity contribution >= 4 is 89.3 Å². The fourth-order valence-corrected chi connectivity index (χ4v) is 7.12. The summed E-state index contributed by atoms with van der Waals surface area (Å²) in [5.74, 6) is -2.49. The zero-order chi connectivity index (χ0) is 32.0. The third-order valence-electron chi connectivity index (χ3n) is 8.06. The van der Waals surface area contributed by atoms with Gasteiger partial charge in [0.15, 0.2) is 12.4 Å². The zero-order valence-corrected chi connectivity index (χ0v) is 27.1. The van der Waals surface area contributed by atoms with Crippen LogP contribution in [0.15, 0.2) is 72.8 Å². The predicted molar refractivity (Wildman–Crippen MR) is 174 cm³/mol. The normalized spacial score (nSPS) is 21.1. The van der Waals surface area contributed by atoms with Crippen molar-refractivity contribution in [3.63, 3.8) is 0 Å². The van der Waals surface area contributed by atoms with Gasteiger partial charge in [-0.15, -0.1) is 0 Å². The summed E-state index contributed by atoms with van der Waals surface area (Å²) in [5.41, 5.74) is 2.06. The van der Waals surface area contributed by atoms with Gasteiger partial charge in [-0.1, -0.05) is 55.6 Å². The molecule has 0 N–H and O–H groups in total. The van der Waals surface area contributed by atoms with Gasteiger partial charge >= 0.3 is 5.97 Å². The van der Waals surface area contributed by atoms with Gasteiger partial charge in [0.25, 0.3) is 5.69 Å². The van der Waals surface area contributed by atoms with Crippen molar-refractivity contribution in [1.82, 2.24) is 4.98 Å². The summed E-state index contributed by atoms with van der Waals surface area (Å²) >= 11 is 13.4. The number of nitrogens with zero attached hydrogens (tertiary/aromatic N) is 3. The number of nitro benzene ring substituents is 1. The number of halogens is 3. The maximum atomic E-state index is 13.3. The van der Waals surface area contributed by atoms with Gasteiger partial charge in [-0.3, -0.25) is 29.4 Å². The molecule has 0 spiro atoms. The summed E-state index contributed by atoms with van der Waals surface area (Å²) in [6, 6.07) is 18.2. The number of anilines is 1. The molecule has 2 amide bonds. The summed E-state index contributed by atoms with van der Waals surface area (Å²) in [4.78, 5) is 68.8.